The minimum absolute atomic E-state index is 0.642. The van der Waals surface area contributed by atoms with Crippen molar-refractivity contribution < 1.29 is 0 Å². The van der Waals surface area contributed by atoms with Gasteiger partial charge in [-0.15, -0.1) is 0 Å². The van der Waals surface area contributed by atoms with Gasteiger partial charge in [-0.1, -0.05) is 41.9 Å². The first kappa shape index (κ1) is 13.7. The Hall–Kier alpha value is -0.340. The van der Waals surface area contributed by atoms with Crippen LogP contribution in [-0.4, -0.2) is 13.1 Å². The molecule has 0 fully saturated rings. The average molecular weight is 284 g/mol. The molecule has 0 aliphatic rings. The summed E-state index contributed by atoms with van der Waals surface area (Å²) in [6.07, 6.45) is 3.63. The standard InChI is InChI=1S/C14H22BrN/c1-11(2)10-14(16-3)9-6-12-4-7-13(15)8-5-12/h4-5,7-8,11,14,16H,6,9-10H2,1-3H3. The highest BCUT2D eigenvalue weighted by molar-refractivity contribution is 9.10. The Kier molecular flexibility index (Phi) is 6.07. The second-order valence-corrected chi connectivity index (χ2v) is 5.70. The number of hydrogen-bond acceptors (Lipinski definition) is 1. The molecule has 0 saturated carbocycles. The van der Waals surface area contributed by atoms with Gasteiger partial charge in [0, 0.05) is 10.5 Å². The summed E-state index contributed by atoms with van der Waals surface area (Å²) in [6.45, 7) is 4.56. The van der Waals surface area contributed by atoms with E-state index in [4.69, 9.17) is 0 Å². The Morgan fingerprint density at radius 3 is 2.31 bits per heavy atom. The monoisotopic (exact) mass is 283 g/mol. The molecule has 0 radical (unpaired) electrons. The highest BCUT2D eigenvalue weighted by atomic mass is 79.9. The Labute approximate surface area is 108 Å². The van der Waals surface area contributed by atoms with Crippen molar-refractivity contribution in [2.75, 3.05) is 7.05 Å². The van der Waals surface area contributed by atoms with E-state index in [9.17, 15) is 0 Å². The van der Waals surface area contributed by atoms with E-state index in [-0.39, 0.29) is 0 Å². The zero-order valence-corrected chi connectivity index (χ0v) is 12.0. The molecule has 1 rings (SSSR count). The van der Waals surface area contributed by atoms with Crippen LogP contribution in [0.15, 0.2) is 28.7 Å². The van der Waals surface area contributed by atoms with Gasteiger partial charge in [0.2, 0.25) is 0 Å². The van der Waals surface area contributed by atoms with E-state index in [1.54, 1.807) is 0 Å². The summed E-state index contributed by atoms with van der Waals surface area (Å²) in [6, 6.07) is 9.28. The van der Waals surface area contributed by atoms with Crippen molar-refractivity contribution >= 4 is 15.9 Å². The number of aryl methyl sites for hydroxylation is 1. The van der Waals surface area contributed by atoms with Gasteiger partial charge in [0.25, 0.3) is 0 Å². The van der Waals surface area contributed by atoms with E-state index in [0.717, 1.165) is 16.8 Å². The van der Waals surface area contributed by atoms with Crippen LogP contribution in [0.5, 0.6) is 0 Å². The van der Waals surface area contributed by atoms with Gasteiger partial charge in [0.1, 0.15) is 0 Å². The van der Waals surface area contributed by atoms with Gasteiger partial charge in [-0.25, -0.2) is 0 Å². The maximum absolute atomic E-state index is 3.46. The SMILES string of the molecule is CNC(CCc1ccc(Br)cc1)CC(C)C. The summed E-state index contributed by atoms with van der Waals surface area (Å²) in [5.41, 5.74) is 1.42. The third-order valence-electron chi connectivity index (χ3n) is 2.86. The lowest BCUT2D eigenvalue weighted by molar-refractivity contribution is 0.422. The predicted octanol–water partition coefficient (Wildman–Crippen LogP) is 4.02. The van der Waals surface area contributed by atoms with Crippen molar-refractivity contribution in [3.8, 4) is 0 Å². The van der Waals surface area contributed by atoms with Crippen LogP contribution in [0.4, 0.5) is 0 Å². The second-order valence-electron chi connectivity index (χ2n) is 4.78. The maximum Gasteiger partial charge on any atom is 0.0175 e. The van der Waals surface area contributed by atoms with E-state index >= 15 is 0 Å². The molecule has 0 aliphatic carbocycles. The highest BCUT2D eigenvalue weighted by Crippen LogP contribution is 2.14. The molecule has 1 unspecified atom stereocenters. The molecular formula is C14H22BrN. The quantitative estimate of drug-likeness (QED) is 0.832. The zero-order chi connectivity index (χ0) is 12.0. The van der Waals surface area contributed by atoms with E-state index in [0.29, 0.717) is 6.04 Å². The van der Waals surface area contributed by atoms with Crippen molar-refractivity contribution in [2.45, 2.75) is 39.2 Å². The molecule has 1 aromatic rings. The largest absolute Gasteiger partial charge is 0.317 e. The molecule has 0 aliphatic heterocycles. The number of rotatable bonds is 6. The van der Waals surface area contributed by atoms with Crippen LogP contribution in [-0.2, 0) is 6.42 Å². The zero-order valence-electron chi connectivity index (χ0n) is 10.5. The normalized spacial score (nSPS) is 13.1. The summed E-state index contributed by atoms with van der Waals surface area (Å²) in [4.78, 5) is 0. The third kappa shape index (κ3) is 5.13. The fraction of sp³-hybridized carbons (Fsp3) is 0.571. The van der Waals surface area contributed by atoms with Gasteiger partial charge < -0.3 is 5.32 Å². The summed E-state index contributed by atoms with van der Waals surface area (Å²) in [5, 5.41) is 3.41. The third-order valence-corrected chi connectivity index (χ3v) is 3.39. The lowest BCUT2D eigenvalue weighted by Crippen LogP contribution is -2.27. The van der Waals surface area contributed by atoms with Crippen LogP contribution in [0.25, 0.3) is 0 Å². The van der Waals surface area contributed by atoms with Crippen LogP contribution in [0.3, 0.4) is 0 Å². The van der Waals surface area contributed by atoms with Crippen LogP contribution < -0.4 is 5.32 Å². The van der Waals surface area contributed by atoms with Gasteiger partial charge in [0.05, 0.1) is 0 Å². The molecular weight excluding hydrogens is 262 g/mol. The highest BCUT2D eigenvalue weighted by Gasteiger charge is 2.08. The first-order chi connectivity index (χ1) is 7.61. The maximum atomic E-state index is 3.46. The summed E-state index contributed by atoms with van der Waals surface area (Å²) >= 11 is 3.46. The van der Waals surface area contributed by atoms with E-state index in [2.05, 4.69) is 66.4 Å². The van der Waals surface area contributed by atoms with Crippen molar-refractivity contribution in [2.24, 2.45) is 5.92 Å². The Balaban J connectivity index is 2.40. The van der Waals surface area contributed by atoms with Gasteiger partial charge in [-0.05, 0) is 49.9 Å². The molecule has 1 nitrogen and oxygen atoms in total. The van der Waals surface area contributed by atoms with Crippen LogP contribution in [0, 0.1) is 5.92 Å². The molecule has 2 heteroatoms. The number of halogens is 1. The van der Waals surface area contributed by atoms with E-state index in [1.165, 1.54) is 18.4 Å². The smallest absolute Gasteiger partial charge is 0.0175 e. The minimum Gasteiger partial charge on any atom is -0.317 e. The first-order valence-corrected chi connectivity index (χ1v) is 6.83. The minimum atomic E-state index is 0.642. The summed E-state index contributed by atoms with van der Waals surface area (Å²) < 4.78 is 1.16. The summed E-state index contributed by atoms with van der Waals surface area (Å²) in [5.74, 6) is 0.766. The van der Waals surface area contributed by atoms with E-state index in [1.807, 2.05) is 0 Å². The van der Waals surface area contributed by atoms with Gasteiger partial charge in [-0.3, -0.25) is 0 Å². The fourth-order valence-corrected chi connectivity index (χ4v) is 2.21. The molecule has 0 aromatic heterocycles. The van der Waals surface area contributed by atoms with E-state index < -0.39 is 0 Å². The number of nitrogens with one attached hydrogen (secondary N) is 1. The molecule has 0 heterocycles. The van der Waals surface area contributed by atoms with Crippen LogP contribution in [0.1, 0.15) is 32.3 Å². The molecule has 0 saturated heterocycles. The van der Waals surface area contributed by atoms with Crippen LogP contribution >= 0.6 is 15.9 Å². The molecule has 1 atom stereocenters. The average Bonchev–Trinajstić information content (AvgIpc) is 2.26. The molecule has 0 bridgehead atoms. The number of hydrogen-bond donors (Lipinski definition) is 1. The topological polar surface area (TPSA) is 12.0 Å². The fourth-order valence-electron chi connectivity index (χ4n) is 1.94. The lowest BCUT2D eigenvalue weighted by Gasteiger charge is -2.18. The van der Waals surface area contributed by atoms with Gasteiger partial charge in [-0.2, -0.15) is 0 Å². The molecule has 0 spiro atoms. The van der Waals surface area contributed by atoms with Crippen molar-refractivity contribution in [1.29, 1.82) is 0 Å². The lowest BCUT2D eigenvalue weighted by atomic mass is 9.98. The van der Waals surface area contributed by atoms with Crippen molar-refractivity contribution in [3.63, 3.8) is 0 Å². The molecule has 0 amide bonds. The molecule has 1 aromatic carbocycles. The molecule has 16 heavy (non-hydrogen) atoms. The number of benzene rings is 1. The van der Waals surface area contributed by atoms with Crippen molar-refractivity contribution in [1.82, 2.24) is 5.32 Å². The Morgan fingerprint density at radius 2 is 1.81 bits per heavy atom. The second kappa shape index (κ2) is 7.08. The first-order valence-electron chi connectivity index (χ1n) is 6.03. The van der Waals surface area contributed by atoms with Crippen molar-refractivity contribution in [3.05, 3.63) is 34.3 Å². The summed E-state index contributed by atoms with van der Waals surface area (Å²) in [7, 11) is 2.06. The molecule has 1 N–H and O–H groups in total. The van der Waals surface area contributed by atoms with Gasteiger partial charge in [0.15, 0.2) is 0 Å². The van der Waals surface area contributed by atoms with Gasteiger partial charge >= 0.3 is 0 Å². The Morgan fingerprint density at radius 1 is 1.19 bits per heavy atom. The predicted molar refractivity (Wildman–Crippen MR) is 74.8 cm³/mol. The van der Waals surface area contributed by atoms with Crippen LogP contribution in [0.2, 0.25) is 0 Å². The molecule has 90 valence electrons. The Bertz CT molecular complexity index is 292.